The molecule has 2 unspecified atom stereocenters. The van der Waals surface area contributed by atoms with Crippen LogP contribution < -0.4 is 5.73 Å². The number of hydrogen-bond acceptors (Lipinski definition) is 6. The van der Waals surface area contributed by atoms with E-state index >= 15 is 0 Å². The zero-order chi connectivity index (χ0) is 17.8. The molecular formula is C12H17I2N3O6. The molecule has 0 aliphatic carbocycles. The number of carboxylic acids is 2. The number of rotatable bonds is 8. The number of hydrogen-bond donors (Lipinski definition) is 3. The number of Topliss-reactive ketones (excluding diaryl/α,β-unsaturated/α-hetero) is 1. The van der Waals surface area contributed by atoms with Crippen molar-refractivity contribution < 1.29 is 29.4 Å². The first-order valence-corrected chi connectivity index (χ1v) is 8.72. The average molecular weight is 553 g/mol. The molecule has 1 fully saturated rings. The molecule has 0 bridgehead atoms. The van der Waals surface area contributed by atoms with Gasteiger partial charge in [0.15, 0.2) is 5.78 Å². The van der Waals surface area contributed by atoms with E-state index in [1.54, 1.807) is 3.11 Å². The second kappa shape index (κ2) is 8.53. The fourth-order valence-electron chi connectivity index (χ4n) is 2.41. The minimum atomic E-state index is -2.27. The molecule has 0 aromatic rings. The number of carbonyl (C=O) groups excluding carboxylic acids is 2. The fourth-order valence-corrected chi connectivity index (χ4v) is 4.30. The van der Waals surface area contributed by atoms with Crippen molar-refractivity contribution in [1.29, 1.82) is 0 Å². The third-order valence-electron chi connectivity index (χ3n) is 3.70. The van der Waals surface area contributed by atoms with Gasteiger partial charge in [-0.15, -0.1) is 0 Å². The fraction of sp³-hybridized carbons (Fsp3) is 0.667. The summed E-state index contributed by atoms with van der Waals surface area (Å²) in [5.74, 6) is -4.26. The maximum atomic E-state index is 12.6. The Bertz CT molecular complexity index is 517. The topological polar surface area (TPSA) is 141 Å². The molecule has 1 saturated heterocycles. The summed E-state index contributed by atoms with van der Waals surface area (Å²) < 4.78 is 2.58. The van der Waals surface area contributed by atoms with Gasteiger partial charge in [-0.3, -0.25) is 17.5 Å². The smallest absolute Gasteiger partial charge is 0.338 e. The molecule has 4 N–H and O–H groups in total. The highest BCUT2D eigenvalue weighted by Crippen LogP contribution is 2.32. The Hall–Kier alpha value is -0.540. The molecule has 1 aliphatic rings. The van der Waals surface area contributed by atoms with Crippen LogP contribution in [0, 0.1) is 0 Å². The number of ketones is 1. The van der Waals surface area contributed by atoms with Crippen molar-refractivity contribution >= 4 is 69.4 Å². The van der Waals surface area contributed by atoms with Crippen molar-refractivity contribution in [3.63, 3.8) is 0 Å². The number of carboxylic acid groups (broad SMARTS) is 2. The number of halogens is 2. The van der Waals surface area contributed by atoms with Crippen molar-refractivity contribution in [2.24, 2.45) is 5.73 Å². The van der Waals surface area contributed by atoms with Crippen molar-refractivity contribution in [2.45, 2.75) is 37.3 Å². The first-order chi connectivity index (χ1) is 10.7. The van der Waals surface area contributed by atoms with Gasteiger partial charge in [0.05, 0.1) is 35.5 Å². The molecule has 0 saturated carbocycles. The van der Waals surface area contributed by atoms with E-state index < -0.39 is 54.6 Å². The van der Waals surface area contributed by atoms with Crippen LogP contribution in [-0.2, 0) is 19.2 Å². The second-order valence-corrected chi connectivity index (χ2v) is 7.29. The van der Waals surface area contributed by atoms with E-state index in [1.807, 2.05) is 22.9 Å². The van der Waals surface area contributed by atoms with Crippen molar-refractivity contribution in [1.82, 2.24) is 6.23 Å². The lowest BCUT2D eigenvalue weighted by Crippen LogP contribution is -2.62. The monoisotopic (exact) mass is 553 g/mol. The molecule has 130 valence electrons. The van der Waals surface area contributed by atoms with E-state index in [0.717, 1.165) is 9.53 Å². The summed E-state index contributed by atoms with van der Waals surface area (Å²) in [4.78, 5) is 47.5. The maximum absolute atomic E-state index is 12.6. The van der Waals surface area contributed by atoms with E-state index in [-0.39, 0.29) is 0 Å². The third kappa shape index (κ3) is 4.30. The summed E-state index contributed by atoms with van der Waals surface area (Å²) in [7, 11) is 0. The lowest BCUT2D eigenvalue weighted by molar-refractivity contribution is -0.159. The zero-order valence-corrected chi connectivity index (χ0v) is 16.4. The molecule has 1 heterocycles. The molecule has 0 spiro atoms. The van der Waals surface area contributed by atoms with Crippen LogP contribution in [0.2, 0.25) is 0 Å². The molecule has 1 aliphatic heterocycles. The standard InChI is InChI=1S/C12H17I2N3O6/c13-16-5-1-2-7(16)10(21)17(14)12(11(22)23,8(18)6-15)4-3-9(19)20/h7H,1-6,15H2,(H,19,20)(H,22,23). The highest BCUT2D eigenvalue weighted by Gasteiger charge is 2.53. The molecule has 1 amide bonds. The highest BCUT2D eigenvalue weighted by molar-refractivity contribution is 14.1. The van der Waals surface area contributed by atoms with Gasteiger partial charge in [-0.05, 0) is 19.3 Å². The van der Waals surface area contributed by atoms with E-state index in [4.69, 9.17) is 10.8 Å². The van der Waals surface area contributed by atoms with E-state index in [9.17, 15) is 24.3 Å². The molecule has 0 radical (unpaired) electrons. The summed E-state index contributed by atoms with van der Waals surface area (Å²) in [6.45, 7) is 0.0821. The Morgan fingerprint density at radius 3 is 2.30 bits per heavy atom. The highest BCUT2D eigenvalue weighted by atomic mass is 127. The third-order valence-corrected chi connectivity index (χ3v) is 6.16. The zero-order valence-electron chi connectivity index (χ0n) is 12.1. The average Bonchev–Trinajstić information content (AvgIpc) is 2.91. The Morgan fingerprint density at radius 2 is 1.91 bits per heavy atom. The summed E-state index contributed by atoms with van der Waals surface area (Å²) in [6.07, 6.45) is 0.233. The lowest BCUT2D eigenvalue weighted by atomic mass is 9.87. The van der Waals surface area contributed by atoms with Gasteiger partial charge < -0.3 is 15.9 Å². The summed E-state index contributed by atoms with van der Waals surface area (Å²) in [6, 6.07) is -0.540. The number of nitrogens with zero attached hydrogens (tertiary/aromatic N) is 2. The molecule has 2 atom stereocenters. The van der Waals surface area contributed by atoms with Gasteiger partial charge >= 0.3 is 11.9 Å². The van der Waals surface area contributed by atoms with E-state index in [0.29, 0.717) is 13.0 Å². The molecule has 0 aromatic heterocycles. The van der Waals surface area contributed by atoms with E-state index in [1.165, 1.54) is 22.9 Å². The first-order valence-electron chi connectivity index (χ1n) is 6.79. The summed E-state index contributed by atoms with van der Waals surface area (Å²) >= 11 is 3.46. The first kappa shape index (κ1) is 20.5. The number of nitrogens with two attached hydrogens (primary N) is 1. The van der Waals surface area contributed by atoms with E-state index in [2.05, 4.69) is 0 Å². The number of carbonyl (C=O) groups is 4. The van der Waals surface area contributed by atoms with Crippen molar-refractivity contribution in [3.05, 3.63) is 0 Å². The Morgan fingerprint density at radius 1 is 1.30 bits per heavy atom. The quantitative estimate of drug-likeness (QED) is 0.220. The molecule has 1 rings (SSSR count). The number of aliphatic carboxylic acids is 2. The summed E-state index contributed by atoms with van der Waals surface area (Å²) in [5, 5.41) is 18.4. The predicted molar refractivity (Wildman–Crippen MR) is 95.9 cm³/mol. The maximum Gasteiger partial charge on any atom is 0.338 e. The van der Waals surface area contributed by atoms with Crippen LogP contribution in [0.25, 0.3) is 0 Å². The van der Waals surface area contributed by atoms with Gasteiger partial charge in [-0.1, -0.05) is 0 Å². The Kier molecular flexibility index (Phi) is 7.60. The molecule has 0 aromatic carbocycles. The van der Waals surface area contributed by atoms with Gasteiger partial charge in [-0.2, -0.15) is 0 Å². The van der Waals surface area contributed by atoms with Crippen LogP contribution in [0.4, 0.5) is 0 Å². The van der Waals surface area contributed by atoms with Gasteiger partial charge in [0.1, 0.15) is 0 Å². The van der Waals surface area contributed by atoms with Crippen LogP contribution in [0.3, 0.4) is 0 Å². The molecular weight excluding hydrogens is 536 g/mol. The molecule has 9 nitrogen and oxygen atoms in total. The van der Waals surface area contributed by atoms with Gasteiger partial charge in [0.2, 0.25) is 5.54 Å². The predicted octanol–water partition coefficient (Wildman–Crippen LogP) is 0.195. The Labute approximate surface area is 160 Å². The SMILES string of the molecule is NCC(=O)C(CCC(=O)O)(C(=O)O)N(I)C(=O)C1CCCN1I. The second-order valence-electron chi connectivity index (χ2n) is 5.09. The van der Waals surface area contributed by atoms with Crippen LogP contribution in [-0.4, -0.2) is 64.7 Å². The van der Waals surface area contributed by atoms with Gasteiger partial charge in [0.25, 0.3) is 5.91 Å². The van der Waals surface area contributed by atoms with Gasteiger partial charge in [0, 0.05) is 35.8 Å². The number of amides is 1. The van der Waals surface area contributed by atoms with Gasteiger partial charge in [-0.25, -0.2) is 7.91 Å². The van der Waals surface area contributed by atoms with Crippen LogP contribution in [0.5, 0.6) is 0 Å². The van der Waals surface area contributed by atoms with Crippen molar-refractivity contribution in [3.8, 4) is 0 Å². The van der Waals surface area contributed by atoms with Crippen LogP contribution >= 0.6 is 45.7 Å². The lowest BCUT2D eigenvalue weighted by Gasteiger charge is -2.36. The molecule has 23 heavy (non-hydrogen) atoms. The van der Waals surface area contributed by atoms with Crippen LogP contribution in [0.1, 0.15) is 25.7 Å². The molecule has 11 heteroatoms. The Balaban J connectivity index is 3.19. The van der Waals surface area contributed by atoms with Crippen LogP contribution in [0.15, 0.2) is 0 Å². The minimum Gasteiger partial charge on any atom is -0.481 e. The van der Waals surface area contributed by atoms with Crippen molar-refractivity contribution in [2.75, 3.05) is 13.1 Å². The largest absolute Gasteiger partial charge is 0.481 e. The minimum absolute atomic E-state index is 0.531. The summed E-state index contributed by atoms with van der Waals surface area (Å²) in [5.41, 5.74) is 3.03. The normalized spacial score (nSPS) is 20.7.